The Hall–Kier alpha value is -1.18. The molecule has 0 aliphatic carbocycles. The second-order valence-corrected chi connectivity index (χ2v) is 5.47. The van der Waals surface area contributed by atoms with Gasteiger partial charge in [-0.15, -0.1) is 17.0 Å². The van der Waals surface area contributed by atoms with Gasteiger partial charge >= 0.3 is 11.6 Å². The third-order valence-electron chi connectivity index (χ3n) is 2.53. The van der Waals surface area contributed by atoms with Gasteiger partial charge in [-0.25, -0.2) is 4.79 Å². The molecular formula is C13H14BrClN2O3S. The number of nitrogens with two attached hydrogens (primary N) is 1. The maximum Gasteiger partial charge on any atom is 0.346 e. The average molecular weight is 394 g/mol. The van der Waals surface area contributed by atoms with Gasteiger partial charge in [-0.2, -0.15) is 0 Å². The molecule has 0 radical (unpaired) electrons. The standard InChI is InChI=1S/C13H13ClN2O3S.BrH/c14-10-8-4-1-2-5-9(8)11(17)19-12(10)18-6-3-7-20-13(15)16;/h1-2,4-5H,3,6-7H2,(H3,15,16);1H. The molecule has 0 amide bonds. The normalized spacial score (nSPS) is 10.1. The molecule has 3 N–H and O–H groups in total. The van der Waals surface area contributed by atoms with Crippen molar-refractivity contribution in [1.29, 1.82) is 5.41 Å². The number of fused-ring (bicyclic) bond motifs is 1. The fourth-order valence-corrected chi connectivity index (χ4v) is 2.39. The van der Waals surface area contributed by atoms with Crippen molar-refractivity contribution in [2.45, 2.75) is 6.42 Å². The lowest BCUT2D eigenvalue weighted by molar-refractivity contribution is 0.233. The summed E-state index contributed by atoms with van der Waals surface area (Å²) in [5.74, 6) is 0.688. The van der Waals surface area contributed by atoms with Crippen LogP contribution in [0.25, 0.3) is 10.8 Å². The first-order valence-electron chi connectivity index (χ1n) is 5.90. The van der Waals surface area contributed by atoms with Gasteiger partial charge in [0.2, 0.25) is 0 Å². The lowest BCUT2D eigenvalue weighted by Gasteiger charge is -2.07. The Bertz CT molecular complexity index is 693. The summed E-state index contributed by atoms with van der Waals surface area (Å²) in [6.45, 7) is 0.335. The topological polar surface area (TPSA) is 89.3 Å². The monoisotopic (exact) mass is 392 g/mol. The van der Waals surface area contributed by atoms with Gasteiger partial charge in [0.1, 0.15) is 5.02 Å². The van der Waals surface area contributed by atoms with E-state index in [-0.39, 0.29) is 28.1 Å². The Morgan fingerprint density at radius 2 is 2.05 bits per heavy atom. The van der Waals surface area contributed by atoms with E-state index in [4.69, 9.17) is 31.9 Å². The summed E-state index contributed by atoms with van der Waals surface area (Å²) in [6, 6.07) is 6.93. The fraction of sp³-hybridized carbons (Fsp3) is 0.231. The van der Waals surface area contributed by atoms with Crippen LogP contribution in [-0.4, -0.2) is 17.5 Å². The van der Waals surface area contributed by atoms with Gasteiger partial charge in [-0.1, -0.05) is 41.6 Å². The van der Waals surface area contributed by atoms with Crippen molar-refractivity contribution in [2.24, 2.45) is 5.73 Å². The number of benzene rings is 1. The van der Waals surface area contributed by atoms with Gasteiger partial charge in [-0.3, -0.25) is 5.41 Å². The van der Waals surface area contributed by atoms with Gasteiger partial charge in [0, 0.05) is 11.1 Å². The van der Waals surface area contributed by atoms with Crippen molar-refractivity contribution < 1.29 is 9.15 Å². The molecule has 21 heavy (non-hydrogen) atoms. The largest absolute Gasteiger partial charge is 0.464 e. The molecule has 1 heterocycles. The molecule has 0 atom stereocenters. The van der Waals surface area contributed by atoms with Crippen molar-refractivity contribution in [3.05, 3.63) is 39.7 Å². The first-order chi connectivity index (χ1) is 9.59. The molecule has 8 heteroatoms. The zero-order chi connectivity index (χ0) is 14.5. The summed E-state index contributed by atoms with van der Waals surface area (Å²) in [6.07, 6.45) is 0.664. The van der Waals surface area contributed by atoms with Gasteiger partial charge in [0.05, 0.1) is 12.0 Å². The van der Waals surface area contributed by atoms with E-state index in [0.717, 1.165) is 0 Å². The SMILES string of the molecule is Br.N=C(N)SCCCOc1oc(=O)c2ccccc2c1Cl. The van der Waals surface area contributed by atoms with E-state index in [1.165, 1.54) is 11.8 Å². The predicted molar refractivity (Wildman–Crippen MR) is 92.3 cm³/mol. The van der Waals surface area contributed by atoms with Crippen LogP contribution in [0.5, 0.6) is 5.95 Å². The summed E-state index contributed by atoms with van der Waals surface area (Å²) >= 11 is 7.39. The maximum absolute atomic E-state index is 11.8. The summed E-state index contributed by atoms with van der Waals surface area (Å²) in [5.41, 5.74) is 4.74. The average Bonchev–Trinajstić information content (AvgIpc) is 2.43. The van der Waals surface area contributed by atoms with Crippen LogP contribution >= 0.6 is 40.3 Å². The number of rotatable bonds is 5. The highest BCUT2D eigenvalue weighted by Gasteiger charge is 2.12. The number of amidine groups is 1. The van der Waals surface area contributed by atoms with Crippen LogP contribution in [0.3, 0.4) is 0 Å². The molecule has 0 unspecified atom stereocenters. The molecule has 0 bridgehead atoms. The molecule has 5 nitrogen and oxygen atoms in total. The first-order valence-corrected chi connectivity index (χ1v) is 7.27. The minimum atomic E-state index is -0.474. The second-order valence-electron chi connectivity index (χ2n) is 3.95. The van der Waals surface area contributed by atoms with Gasteiger partial charge in [-0.05, 0) is 12.5 Å². The molecule has 0 spiro atoms. The van der Waals surface area contributed by atoms with E-state index < -0.39 is 5.63 Å². The zero-order valence-electron chi connectivity index (χ0n) is 10.9. The number of ether oxygens (including phenoxy) is 1. The molecule has 2 aromatic rings. The van der Waals surface area contributed by atoms with E-state index in [2.05, 4.69) is 0 Å². The third-order valence-corrected chi connectivity index (χ3v) is 3.69. The molecular weight excluding hydrogens is 380 g/mol. The molecule has 1 aromatic heterocycles. The van der Waals surface area contributed by atoms with Crippen molar-refractivity contribution in [1.82, 2.24) is 0 Å². The third kappa shape index (κ3) is 4.66. The summed E-state index contributed by atoms with van der Waals surface area (Å²) in [4.78, 5) is 11.8. The highest BCUT2D eigenvalue weighted by Crippen LogP contribution is 2.30. The zero-order valence-corrected chi connectivity index (χ0v) is 14.2. The van der Waals surface area contributed by atoms with Crippen molar-refractivity contribution >= 4 is 56.3 Å². The predicted octanol–water partition coefficient (Wildman–Crippen LogP) is 3.42. The van der Waals surface area contributed by atoms with E-state index >= 15 is 0 Å². The maximum atomic E-state index is 11.8. The number of hydrogen-bond acceptors (Lipinski definition) is 5. The van der Waals surface area contributed by atoms with Crippen LogP contribution < -0.4 is 16.1 Å². The van der Waals surface area contributed by atoms with Crippen LogP contribution in [0.4, 0.5) is 0 Å². The summed E-state index contributed by atoms with van der Waals surface area (Å²) in [7, 11) is 0. The van der Waals surface area contributed by atoms with Crippen LogP contribution in [0.2, 0.25) is 5.02 Å². The molecule has 0 saturated carbocycles. The number of halogens is 2. The van der Waals surface area contributed by atoms with Crippen molar-refractivity contribution in [3.8, 4) is 5.95 Å². The molecule has 0 aliphatic heterocycles. The Labute approximate surface area is 141 Å². The molecule has 114 valence electrons. The Balaban J connectivity index is 0.00000220. The molecule has 0 aliphatic rings. The minimum Gasteiger partial charge on any atom is -0.464 e. The lowest BCUT2D eigenvalue weighted by Crippen LogP contribution is -2.08. The summed E-state index contributed by atoms with van der Waals surface area (Å²) < 4.78 is 10.4. The van der Waals surface area contributed by atoms with E-state index in [1.807, 2.05) is 0 Å². The molecule has 1 aromatic carbocycles. The molecule has 0 fully saturated rings. The highest BCUT2D eigenvalue weighted by atomic mass is 79.9. The van der Waals surface area contributed by atoms with Crippen LogP contribution in [0.1, 0.15) is 6.42 Å². The highest BCUT2D eigenvalue weighted by molar-refractivity contribution is 8.93. The number of hydrogen-bond donors (Lipinski definition) is 2. The minimum absolute atomic E-state index is 0. The lowest BCUT2D eigenvalue weighted by atomic mass is 10.2. The molecule has 2 rings (SSSR count). The Kier molecular flexibility index (Phi) is 7.07. The van der Waals surface area contributed by atoms with Crippen LogP contribution in [0.15, 0.2) is 33.5 Å². The van der Waals surface area contributed by atoms with Crippen LogP contribution in [0, 0.1) is 5.41 Å². The second kappa shape index (κ2) is 8.31. The van der Waals surface area contributed by atoms with E-state index in [0.29, 0.717) is 34.6 Å². The fourth-order valence-electron chi connectivity index (χ4n) is 1.65. The Morgan fingerprint density at radius 3 is 2.71 bits per heavy atom. The number of thioether (sulfide) groups is 1. The van der Waals surface area contributed by atoms with E-state index in [9.17, 15) is 4.79 Å². The Morgan fingerprint density at radius 1 is 1.38 bits per heavy atom. The first kappa shape index (κ1) is 17.9. The smallest absolute Gasteiger partial charge is 0.346 e. The van der Waals surface area contributed by atoms with E-state index in [1.54, 1.807) is 24.3 Å². The van der Waals surface area contributed by atoms with Gasteiger partial charge in [0.15, 0.2) is 5.17 Å². The molecule has 0 saturated heterocycles. The van der Waals surface area contributed by atoms with Gasteiger partial charge in [0.25, 0.3) is 0 Å². The van der Waals surface area contributed by atoms with Gasteiger partial charge < -0.3 is 14.9 Å². The number of nitrogens with one attached hydrogen (secondary N) is 1. The van der Waals surface area contributed by atoms with Crippen molar-refractivity contribution in [3.63, 3.8) is 0 Å². The quantitative estimate of drug-likeness (QED) is 0.461. The van der Waals surface area contributed by atoms with Crippen LogP contribution in [-0.2, 0) is 0 Å². The van der Waals surface area contributed by atoms with Crippen molar-refractivity contribution in [2.75, 3.05) is 12.4 Å². The summed E-state index contributed by atoms with van der Waals surface area (Å²) in [5, 5.41) is 8.46.